The molecule has 11 nitrogen and oxygen atoms in total. The number of benzene rings is 3. The highest BCUT2D eigenvalue weighted by Crippen LogP contribution is 2.46. The summed E-state index contributed by atoms with van der Waals surface area (Å²) in [6.07, 6.45) is -0.951. The number of aliphatic imine (C=N–C) groups is 1. The van der Waals surface area contributed by atoms with Gasteiger partial charge >= 0.3 is 0 Å². The monoisotopic (exact) mass is 637 g/mol. The molecule has 3 aromatic rings. The molecule has 0 bridgehead atoms. The highest BCUT2D eigenvalue weighted by molar-refractivity contribution is 9.10. The van der Waals surface area contributed by atoms with Crippen molar-refractivity contribution in [2.24, 2.45) is 10.1 Å². The minimum absolute atomic E-state index is 0.0403. The average molecular weight is 639 g/mol. The van der Waals surface area contributed by atoms with Crippen molar-refractivity contribution in [1.29, 1.82) is 0 Å². The van der Waals surface area contributed by atoms with Gasteiger partial charge in [-0.25, -0.2) is 4.99 Å². The predicted octanol–water partition coefficient (Wildman–Crippen LogP) is 5.39. The number of azide groups is 1. The van der Waals surface area contributed by atoms with Gasteiger partial charge < -0.3 is 29.4 Å². The first-order valence-corrected chi connectivity index (χ1v) is 14.1. The van der Waals surface area contributed by atoms with Gasteiger partial charge in [0, 0.05) is 59.9 Å². The Morgan fingerprint density at radius 3 is 2.55 bits per heavy atom. The average Bonchev–Trinajstić information content (AvgIpc) is 3.40. The summed E-state index contributed by atoms with van der Waals surface area (Å²) in [7, 11) is 2.98. The molecule has 2 N–H and O–H groups in total. The van der Waals surface area contributed by atoms with Crippen molar-refractivity contribution in [3.8, 4) is 5.75 Å². The van der Waals surface area contributed by atoms with Crippen LogP contribution in [0.5, 0.6) is 5.75 Å². The second-order valence-electron chi connectivity index (χ2n) is 9.42. The first-order valence-electron chi connectivity index (χ1n) is 13.3. The number of hydrogen-bond donors (Lipinski definition) is 2. The third-order valence-electron chi connectivity index (χ3n) is 6.77. The van der Waals surface area contributed by atoms with Gasteiger partial charge in [0.05, 0.1) is 13.2 Å². The summed E-state index contributed by atoms with van der Waals surface area (Å²) in [4.78, 5) is 22.3. The largest absolute Gasteiger partial charge is 0.494 e. The number of carbonyl (C=O) groups is 1. The van der Waals surface area contributed by atoms with Gasteiger partial charge in [0.1, 0.15) is 5.75 Å². The van der Waals surface area contributed by atoms with Crippen molar-refractivity contribution in [3.05, 3.63) is 104 Å². The van der Waals surface area contributed by atoms with Crippen LogP contribution in [-0.2, 0) is 25.4 Å². The molecular weight excluding hydrogens is 606 g/mol. The third-order valence-corrected chi connectivity index (χ3v) is 7.55. The number of carbonyl (C=O) groups excluding carboxylic acids is 1. The van der Waals surface area contributed by atoms with Gasteiger partial charge in [-0.15, -0.1) is 0 Å². The van der Waals surface area contributed by atoms with Gasteiger partial charge in [0.25, 0.3) is 5.91 Å². The lowest BCUT2D eigenvalue weighted by Gasteiger charge is -2.32. The first kappa shape index (κ1) is 31.0. The highest BCUT2D eigenvalue weighted by atomic mass is 79.9. The zero-order chi connectivity index (χ0) is 30.0. The lowest BCUT2D eigenvalue weighted by Crippen LogP contribution is -2.51. The highest BCUT2D eigenvalue weighted by Gasteiger charge is 2.54. The van der Waals surface area contributed by atoms with Gasteiger partial charge in [-0.1, -0.05) is 63.5 Å². The van der Waals surface area contributed by atoms with E-state index < -0.39 is 23.8 Å². The summed E-state index contributed by atoms with van der Waals surface area (Å²) in [5.41, 5.74) is 10.1. The minimum Gasteiger partial charge on any atom is -0.494 e. The summed E-state index contributed by atoms with van der Waals surface area (Å²) in [5.74, 6) is 0.449. The fourth-order valence-electron chi connectivity index (χ4n) is 4.63. The van der Waals surface area contributed by atoms with E-state index in [1.165, 1.54) is 14.2 Å². The fraction of sp³-hybridized carbons (Fsp3) is 0.333. The molecule has 3 aromatic carbocycles. The molecule has 2 atom stereocenters. The van der Waals surface area contributed by atoms with Crippen molar-refractivity contribution in [2.45, 2.75) is 30.8 Å². The number of ether oxygens (including phenoxy) is 4. The molecule has 0 radical (unpaired) electrons. The Kier molecular flexibility index (Phi) is 10.9. The first-order chi connectivity index (χ1) is 20.4. The second kappa shape index (κ2) is 14.8. The minimum atomic E-state index is -1.51. The van der Waals surface area contributed by atoms with E-state index in [9.17, 15) is 10.3 Å². The number of hydrogen-bond acceptors (Lipinski definition) is 8. The summed E-state index contributed by atoms with van der Waals surface area (Å²) in [6.45, 7) is 0.488. The Morgan fingerprint density at radius 2 is 1.86 bits per heavy atom. The lowest BCUT2D eigenvalue weighted by molar-refractivity contribution is -0.134. The molecule has 42 heavy (non-hydrogen) atoms. The number of nitrogens with one attached hydrogen (secondary N) is 1. The van der Waals surface area contributed by atoms with E-state index in [2.05, 4.69) is 31.3 Å². The molecule has 4 rings (SSSR count). The van der Waals surface area contributed by atoms with Crippen molar-refractivity contribution in [2.75, 3.05) is 34.0 Å². The molecule has 0 unspecified atom stereocenters. The van der Waals surface area contributed by atoms with Crippen molar-refractivity contribution < 1.29 is 28.8 Å². The normalized spacial score (nSPS) is 17.7. The van der Waals surface area contributed by atoms with E-state index in [1.807, 2.05) is 24.3 Å². The molecule has 0 saturated carbocycles. The van der Waals surface area contributed by atoms with Crippen LogP contribution in [-0.4, -0.2) is 62.7 Å². The van der Waals surface area contributed by atoms with Gasteiger partial charge in [-0.3, -0.25) is 4.79 Å². The van der Waals surface area contributed by atoms with Gasteiger partial charge in [0.2, 0.25) is 5.90 Å². The molecule has 220 valence electrons. The van der Waals surface area contributed by atoms with E-state index in [0.29, 0.717) is 35.6 Å². The third kappa shape index (κ3) is 7.10. The molecule has 0 saturated heterocycles. The van der Waals surface area contributed by atoms with Gasteiger partial charge in [0.15, 0.2) is 17.9 Å². The van der Waals surface area contributed by atoms with Crippen LogP contribution in [0.3, 0.4) is 0 Å². The maximum atomic E-state index is 14.3. The molecule has 0 spiro atoms. The lowest BCUT2D eigenvalue weighted by atomic mass is 9.81. The van der Waals surface area contributed by atoms with Gasteiger partial charge in [-0.2, -0.15) is 0 Å². The van der Waals surface area contributed by atoms with Crippen LogP contribution in [0.1, 0.15) is 29.2 Å². The van der Waals surface area contributed by atoms with E-state index in [0.717, 1.165) is 10.0 Å². The number of rotatable bonds is 14. The number of aliphatic hydroxyl groups is 1. The van der Waals surface area contributed by atoms with Gasteiger partial charge in [-0.05, 0) is 41.4 Å². The Bertz CT molecular complexity index is 1440. The van der Waals surface area contributed by atoms with Crippen LogP contribution in [0.4, 0.5) is 5.69 Å². The smallest absolute Gasteiger partial charge is 0.252 e. The number of halogens is 1. The predicted molar refractivity (Wildman–Crippen MR) is 161 cm³/mol. The van der Waals surface area contributed by atoms with Crippen LogP contribution >= 0.6 is 15.9 Å². The molecule has 0 aromatic heterocycles. The Balaban J connectivity index is 1.84. The maximum absolute atomic E-state index is 14.3. The fourth-order valence-corrected chi connectivity index (χ4v) is 5.06. The van der Waals surface area contributed by atoms with Crippen LogP contribution < -0.4 is 10.1 Å². The zero-order valence-electron chi connectivity index (χ0n) is 23.3. The van der Waals surface area contributed by atoms with Crippen molar-refractivity contribution in [3.63, 3.8) is 0 Å². The number of nitrogens with zero attached hydrogens (tertiary/aromatic N) is 4. The maximum Gasteiger partial charge on any atom is 0.252 e. The van der Waals surface area contributed by atoms with Crippen LogP contribution in [0.15, 0.2) is 87.4 Å². The van der Waals surface area contributed by atoms with Crippen LogP contribution in [0.25, 0.3) is 10.4 Å². The Hall–Kier alpha value is -3.93. The standard InChI is InChI=1S/C30H32BrN5O6/c1-39-26(40-2)19-33-29(38)30(18-21-8-3-5-10-24(21)31)27(23-9-4-6-11-25(23)35-36-32)42-28(34-30)20-12-14-22(15-13-20)41-17-7-16-37/h3-6,8-15,26-27,37H,7,16-19H2,1-2H3,(H,33,38)/t27-,30-/m1/s1. The molecule has 0 fully saturated rings. The molecular formula is C30H32BrN5O6. The number of aliphatic hydroxyl groups excluding tert-OH is 1. The molecule has 1 amide bonds. The molecule has 0 aliphatic carbocycles. The van der Waals surface area contributed by atoms with E-state index in [4.69, 9.17) is 29.0 Å². The second-order valence-corrected chi connectivity index (χ2v) is 10.3. The topological polar surface area (TPSA) is 147 Å². The molecule has 1 heterocycles. The quantitative estimate of drug-likeness (QED) is 0.0796. The summed E-state index contributed by atoms with van der Waals surface area (Å²) >= 11 is 3.61. The number of methoxy groups -OCH3 is 2. The van der Waals surface area contributed by atoms with E-state index in [-0.39, 0.29) is 25.5 Å². The molecule has 12 heteroatoms. The van der Waals surface area contributed by atoms with Crippen molar-refractivity contribution >= 4 is 33.4 Å². The van der Waals surface area contributed by atoms with E-state index >= 15 is 0 Å². The Labute approximate surface area is 252 Å². The molecule has 1 aliphatic rings. The summed E-state index contributed by atoms with van der Waals surface area (Å²) in [5, 5.41) is 15.8. The molecule has 1 aliphatic heterocycles. The van der Waals surface area contributed by atoms with Crippen molar-refractivity contribution in [1.82, 2.24) is 5.32 Å². The zero-order valence-corrected chi connectivity index (χ0v) is 24.9. The Morgan fingerprint density at radius 1 is 1.14 bits per heavy atom. The number of amides is 1. The summed E-state index contributed by atoms with van der Waals surface area (Å²) < 4.78 is 23.6. The summed E-state index contributed by atoms with van der Waals surface area (Å²) in [6, 6.07) is 21.7. The van der Waals surface area contributed by atoms with E-state index in [1.54, 1.807) is 48.5 Å². The van der Waals surface area contributed by atoms with Crippen LogP contribution in [0.2, 0.25) is 0 Å². The van der Waals surface area contributed by atoms with Crippen LogP contribution in [0, 0.1) is 0 Å². The SMILES string of the molecule is COC(CNC(=O)[C@]1(Cc2ccccc2Br)N=C(c2ccc(OCCCO)cc2)O[C@@H]1c1ccccc1N=[N+]=[N-])OC.